The maximum Gasteiger partial charge on any atom is 0.146 e. The smallest absolute Gasteiger partial charge is 0.146 e. The van der Waals surface area contributed by atoms with Crippen LogP contribution in [0, 0.1) is 11.8 Å². The van der Waals surface area contributed by atoms with Crippen molar-refractivity contribution >= 4 is 5.78 Å². The fourth-order valence-electron chi connectivity index (χ4n) is 0.618. The molecule has 0 aromatic rings. The first kappa shape index (κ1) is 9.19. The molecule has 2 heteroatoms. The first-order valence-corrected chi connectivity index (χ1v) is 3.33. The predicted octanol–water partition coefficient (Wildman–Crippen LogP) is 0.706. The van der Waals surface area contributed by atoms with Crippen LogP contribution >= 0.6 is 0 Å². The third kappa shape index (κ3) is 5.33. The number of hydrogen-bond donors (Lipinski definition) is 1. The molecule has 0 aliphatic rings. The zero-order chi connectivity index (χ0) is 7.98. The van der Waals surface area contributed by atoms with E-state index in [1.807, 2.05) is 6.92 Å². The van der Waals surface area contributed by atoms with E-state index in [4.69, 9.17) is 5.73 Å². The summed E-state index contributed by atoms with van der Waals surface area (Å²) < 4.78 is 0. The molecular weight excluding hydrogens is 126 g/mol. The van der Waals surface area contributed by atoms with E-state index in [0.717, 1.165) is 0 Å². The van der Waals surface area contributed by atoms with Crippen LogP contribution in [0.2, 0.25) is 0 Å². The average molecular weight is 139 g/mol. The summed E-state index contributed by atoms with van der Waals surface area (Å²) in [5, 5.41) is 0. The van der Waals surface area contributed by atoms with Gasteiger partial charge in [0.05, 0.1) is 6.42 Å². The maximum absolute atomic E-state index is 10.8. The van der Waals surface area contributed by atoms with E-state index in [1.54, 1.807) is 6.92 Å². The highest BCUT2D eigenvalue weighted by Crippen LogP contribution is 1.91. The minimum atomic E-state index is -0.0360. The topological polar surface area (TPSA) is 43.1 Å². The molecule has 0 aromatic carbocycles. The van der Waals surface area contributed by atoms with Gasteiger partial charge in [0.15, 0.2) is 0 Å². The largest absolute Gasteiger partial charge is 0.328 e. The fraction of sp³-hybridized carbons (Fsp3) is 0.625. The van der Waals surface area contributed by atoms with Gasteiger partial charge in [0, 0.05) is 12.5 Å². The number of carbonyl (C=O) groups is 1. The van der Waals surface area contributed by atoms with Crippen LogP contribution in [0.1, 0.15) is 26.7 Å². The van der Waals surface area contributed by atoms with Crippen LogP contribution in [0.25, 0.3) is 0 Å². The van der Waals surface area contributed by atoms with Crippen molar-refractivity contribution in [2.45, 2.75) is 32.7 Å². The summed E-state index contributed by atoms with van der Waals surface area (Å²) in [5.74, 6) is 5.49. The summed E-state index contributed by atoms with van der Waals surface area (Å²) in [6.45, 7) is 3.54. The number of rotatable bonds is 3. The summed E-state index contributed by atoms with van der Waals surface area (Å²) >= 11 is 0. The second-order valence-electron chi connectivity index (χ2n) is 2.32. The average Bonchev–Trinajstić information content (AvgIpc) is 1.82. The summed E-state index contributed by atoms with van der Waals surface area (Å²) in [7, 11) is 0. The summed E-state index contributed by atoms with van der Waals surface area (Å²) in [4.78, 5) is 10.8. The summed E-state index contributed by atoms with van der Waals surface area (Å²) in [5.41, 5.74) is 5.40. The monoisotopic (exact) mass is 139 g/mol. The first-order chi connectivity index (χ1) is 4.66. The van der Waals surface area contributed by atoms with E-state index in [0.29, 0.717) is 12.8 Å². The van der Waals surface area contributed by atoms with Crippen molar-refractivity contribution in [2.75, 3.05) is 0 Å². The lowest BCUT2D eigenvalue weighted by Crippen LogP contribution is -2.19. The second-order valence-corrected chi connectivity index (χ2v) is 2.32. The minimum absolute atomic E-state index is 0.0360. The Labute approximate surface area is 61.8 Å². The highest BCUT2D eigenvalue weighted by molar-refractivity contribution is 5.81. The van der Waals surface area contributed by atoms with Gasteiger partial charge in [0.25, 0.3) is 0 Å². The molecule has 2 nitrogen and oxygen atoms in total. The van der Waals surface area contributed by atoms with Crippen molar-refractivity contribution in [3.05, 3.63) is 0 Å². The van der Waals surface area contributed by atoms with Gasteiger partial charge in [-0.1, -0.05) is 5.92 Å². The van der Waals surface area contributed by atoms with Crippen LogP contribution in [-0.2, 0) is 4.79 Å². The van der Waals surface area contributed by atoms with Crippen LogP contribution in [0.5, 0.6) is 0 Å². The number of carbonyl (C=O) groups excluding carboxylic acids is 1. The molecule has 0 rings (SSSR count). The summed E-state index contributed by atoms with van der Waals surface area (Å²) in [6.07, 6.45) is 0.784. The van der Waals surface area contributed by atoms with E-state index in [2.05, 4.69) is 11.8 Å². The molecule has 0 bridgehead atoms. The molecule has 2 N–H and O–H groups in total. The van der Waals surface area contributed by atoms with Crippen molar-refractivity contribution in [2.24, 2.45) is 5.73 Å². The maximum atomic E-state index is 10.8. The first-order valence-electron chi connectivity index (χ1n) is 3.33. The highest BCUT2D eigenvalue weighted by Gasteiger charge is 2.01. The zero-order valence-electron chi connectivity index (χ0n) is 6.48. The van der Waals surface area contributed by atoms with Gasteiger partial charge in [-0.05, 0) is 13.8 Å². The fourth-order valence-corrected chi connectivity index (χ4v) is 0.618. The standard InChI is InChI=1S/C8H13NO/c1-3-4-5-8(10)6-7(2)9/h7H,5-6,9H2,1-2H3. The van der Waals surface area contributed by atoms with Crippen LogP contribution in [0.15, 0.2) is 0 Å². The van der Waals surface area contributed by atoms with Crippen molar-refractivity contribution in [1.29, 1.82) is 0 Å². The molecule has 0 saturated carbocycles. The Hall–Kier alpha value is -0.810. The van der Waals surface area contributed by atoms with Crippen molar-refractivity contribution in [3.8, 4) is 11.8 Å². The zero-order valence-corrected chi connectivity index (χ0v) is 6.48. The van der Waals surface area contributed by atoms with E-state index < -0.39 is 0 Å². The highest BCUT2D eigenvalue weighted by atomic mass is 16.1. The van der Waals surface area contributed by atoms with Gasteiger partial charge in [-0.15, -0.1) is 5.92 Å². The molecule has 0 saturated heterocycles. The molecule has 1 atom stereocenters. The van der Waals surface area contributed by atoms with Gasteiger partial charge in [0.1, 0.15) is 5.78 Å². The molecule has 0 spiro atoms. The predicted molar refractivity (Wildman–Crippen MR) is 41.3 cm³/mol. The quantitative estimate of drug-likeness (QED) is 0.585. The van der Waals surface area contributed by atoms with E-state index in [9.17, 15) is 4.79 Å². The Morgan fingerprint density at radius 1 is 1.70 bits per heavy atom. The molecule has 0 fully saturated rings. The number of hydrogen-bond acceptors (Lipinski definition) is 2. The third-order valence-corrected chi connectivity index (χ3v) is 1.01. The minimum Gasteiger partial charge on any atom is -0.328 e. The Balaban J connectivity index is 3.51. The van der Waals surface area contributed by atoms with Crippen molar-refractivity contribution in [1.82, 2.24) is 0 Å². The van der Waals surface area contributed by atoms with Gasteiger partial charge < -0.3 is 5.73 Å². The Bertz CT molecular complexity index is 162. The molecule has 0 radical (unpaired) electrons. The van der Waals surface area contributed by atoms with Crippen molar-refractivity contribution in [3.63, 3.8) is 0 Å². The van der Waals surface area contributed by atoms with Crippen LogP contribution in [0.3, 0.4) is 0 Å². The van der Waals surface area contributed by atoms with E-state index >= 15 is 0 Å². The van der Waals surface area contributed by atoms with Gasteiger partial charge in [-0.2, -0.15) is 0 Å². The van der Waals surface area contributed by atoms with Crippen molar-refractivity contribution < 1.29 is 4.79 Å². The Morgan fingerprint density at radius 3 is 2.70 bits per heavy atom. The van der Waals surface area contributed by atoms with Crippen LogP contribution in [-0.4, -0.2) is 11.8 Å². The normalized spacial score (nSPS) is 11.5. The SMILES string of the molecule is CC#CCC(=O)CC(C)N. The molecule has 0 aliphatic carbocycles. The van der Waals surface area contributed by atoms with E-state index in [1.165, 1.54) is 0 Å². The van der Waals surface area contributed by atoms with Crippen LogP contribution in [0.4, 0.5) is 0 Å². The lowest BCUT2D eigenvalue weighted by Gasteiger charge is -1.99. The lowest BCUT2D eigenvalue weighted by molar-refractivity contribution is -0.118. The Kier molecular flexibility index (Phi) is 4.61. The van der Waals surface area contributed by atoms with Gasteiger partial charge in [-0.25, -0.2) is 0 Å². The Morgan fingerprint density at radius 2 is 2.30 bits per heavy atom. The number of Topliss-reactive ketones (excluding diaryl/α,β-unsaturated/α-hetero) is 1. The molecule has 1 unspecified atom stereocenters. The second kappa shape index (κ2) is 5.01. The number of ketones is 1. The molecule has 10 heavy (non-hydrogen) atoms. The molecule has 0 aromatic heterocycles. The number of nitrogens with two attached hydrogens (primary N) is 1. The van der Waals surface area contributed by atoms with Gasteiger partial charge in [0.2, 0.25) is 0 Å². The molecule has 56 valence electrons. The summed E-state index contributed by atoms with van der Waals surface area (Å²) in [6, 6.07) is -0.0360. The third-order valence-electron chi connectivity index (χ3n) is 1.01. The van der Waals surface area contributed by atoms with Crippen LogP contribution < -0.4 is 5.73 Å². The molecule has 0 amide bonds. The van der Waals surface area contributed by atoms with Gasteiger partial charge >= 0.3 is 0 Å². The molecular formula is C8H13NO. The molecule has 0 aliphatic heterocycles. The molecule has 0 heterocycles. The van der Waals surface area contributed by atoms with E-state index in [-0.39, 0.29) is 11.8 Å². The lowest BCUT2D eigenvalue weighted by atomic mass is 10.1. The van der Waals surface area contributed by atoms with Gasteiger partial charge in [-0.3, -0.25) is 4.79 Å².